The summed E-state index contributed by atoms with van der Waals surface area (Å²) in [5, 5.41) is 3.30. The van der Waals surface area contributed by atoms with Gasteiger partial charge in [0.05, 0.1) is 6.54 Å². The molecule has 0 aliphatic heterocycles. The van der Waals surface area contributed by atoms with E-state index >= 15 is 0 Å². The molecule has 0 bridgehead atoms. The molecule has 3 rings (SSSR count). The molecule has 2 saturated carbocycles. The normalized spacial score (nSPS) is 27.8. The van der Waals surface area contributed by atoms with Crippen LogP contribution in [-0.2, 0) is 4.79 Å². The first-order valence-corrected chi connectivity index (χ1v) is 6.15. The molecule has 2 aliphatic carbocycles. The molecule has 0 saturated heterocycles. The van der Waals surface area contributed by atoms with E-state index in [9.17, 15) is 4.79 Å². The monoisotopic (exact) mass is 215 g/mol. The number of hydrogen-bond acceptors (Lipinski definition) is 2. The van der Waals surface area contributed by atoms with Gasteiger partial charge in [0.2, 0.25) is 0 Å². The maximum Gasteiger partial charge on any atom is 0.150 e. The van der Waals surface area contributed by atoms with Crippen molar-refractivity contribution < 1.29 is 4.79 Å². The second-order valence-corrected chi connectivity index (χ2v) is 4.98. The van der Waals surface area contributed by atoms with Crippen LogP contribution in [0.15, 0.2) is 30.3 Å². The van der Waals surface area contributed by atoms with Gasteiger partial charge < -0.3 is 5.32 Å². The maximum absolute atomic E-state index is 11.9. The lowest BCUT2D eigenvalue weighted by Crippen LogP contribution is -2.26. The van der Waals surface area contributed by atoms with Crippen LogP contribution in [0.3, 0.4) is 0 Å². The minimum Gasteiger partial charge on any atom is -0.307 e. The molecular weight excluding hydrogens is 198 g/mol. The van der Waals surface area contributed by atoms with Crippen molar-refractivity contribution in [1.82, 2.24) is 5.32 Å². The third-order valence-electron chi connectivity index (χ3n) is 3.57. The van der Waals surface area contributed by atoms with Crippen molar-refractivity contribution in [3.8, 4) is 0 Å². The predicted molar refractivity (Wildman–Crippen MR) is 63.3 cm³/mol. The molecule has 2 heteroatoms. The highest BCUT2D eigenvalue weighted by atomic mass is 16.1. The van der Waals surface area contributed by atoms with E-state index in [1.807, 2.05) is 6.07 Å². The van der Waals surface area contributed by atoms with Gasteiger partial charge in [-0.2, -0.15) is 0 Å². The first-order chi connectivity index (χ1) is 7.84. The van der Waals surface area contributed by atoms with Crippen LogP contribution in [0.25, 0.3) is 0 Å². The first-order valence-electron chi connectivity index (χ1n) is 6.15. The Hall–Kier alpha value is -1.15. The molecule has 2 fully saturated rings. The number of ketones is 1. The van der Waals surface area contributed by atoms with Gasteiger partial charge in [0.25, 0.3) is 0 Å². The summed E-state index contributed by atoms with van der Waals surface area (Å²) in [6.07, 6.45) is 3.55. The van der Waals surface area contributed by atoms with Crippen molar-refractivity contribution in [1.29, 1.82) is 0 Å². The van der Waals surface area contributed by atoms with Gasteiger partial charge in [0.1, 0.15) is 5.78 Å². The van der Waals surface area contributed by atoms with E-state index in [4.69, 9.17) is 0 Å². The molecule has 84 valence electrons. The zero-order valence-electron chi connectivity index (χ0n) is 9.36. The quantitative estimate of drug-likeness (QED) is 0.815. The number of Topliss-reactive ketones (excluding diaryl/α,β-unsaturated/α-hetero) is 1. The van der Waals surface area contributed by atoms with Gasteiger partial charge >= 0.3 is 0 Å². The van der Waals surface area contributed by atoms with Gasteiger partial charge in [0.15, 0.2) is 0 Å². The summed E-state index contributed by atoms with van der Waals surface area (Å²) in [6, 6.07) is 11.0. The van der Waals surface area contributed by atoms with E-state index in [0.717, 1.165) is 6.42 Å². The van der Waals surface area contributed by atoms with Crippen molar-refractivity contribution in [2.24, 2.45) is 5.92 Å². The van der Waals surface area contributed by atoms with Crippen molar-refractivity contribution in [2.45, 2.75) is 31.2 Å². The molecule has 2 atom stereocenters. The lowest BCUT2D eigenvalue weighted by Gasteiger charge is -2.02. The zero-order chi connectivity index (χ0) is 11.0. The van der Waals surface area contributed by atoms with E-state index in [0.29, 0.717) is 24.3 Å². The highest BCUT2D eigenvalue weighted by Crippen LogP contribution is 2.47. The van der Waals surface area contributed by atoms with Crippen LogP contribution < -0.4 is 5.32 Å². The molecule has 0 spiro atoms. The second-order valence-electron chi connectivity index (χ2n) is 4.98. The molecule has 0 radical (unpaired) electrons. The largest absolute Gasteiger partial charge is 0.307 e. The molecule has 0 heterocycles. The summed E-state index contributed by atoms with van der Waals surface area (Å²) in [4.78, 5) is 11.9. The molecule has 2 aliphatic rings. The third-order valence-corrected chi connectivity index (χ3v) is 3.57. The van der Waals surface area contributed by atoms with Crippen LogP contribution in [0, 0.1) is 5.92 Å². The third kappa shape index (κ3) is 2.17. The maximum atomic E-state index is 11.9. The highest BCUT2D eigenvalue weighted by Gasteiger charge is 2.43. The average molecular weight is 215 g/mol. The number of carbonyl (C=O) groups excluding carboxylic acids is 1. The van der Waals surface area contributed by atoms with Gasteiger partial charge in [-0.25, -0.2) is 0 Å². The topological polar surface area (TPSA) is 29.1 Å². The van der Waals surface area contributed by atoms with E-state index in [-0.39, 0.29) is 5.92 Å². The van der Waals surface area contributed by atoms with Crippen molar-refractivity contribution in [3.05, 3.63) is 35.9 Å². The molecule has 2 unspecified atom stereocenters. The number of nitrogens with one attached hydrogen (secondary N) is 1. The molecular formula is C14H17NO. The fourth-order valence-corrected chi connectivity index (χ4v) is 2.28. The molecule has 2 nitrogen and oxygen atoms in total. The highest BCUT2D eigenvalue weighted by molar-refractivity contribution is 5.86. The zero-order valence-corrected chi connectivity index (χ0v) is 9.36. The SMILES string of the molecule is O=C(CNC1CC1)C1CC1c1ccccc1. The summed E-state index contributed by atoms with van der Waals surface area (Å²) in [5.41, 5.74) is 1.33. The summed E-state index contributed by atoms with van der Waals surface area (Å²) >= 11 is 0. The predicted octanol–water partition coefficient (Wildman–Crippen LogP) is 2.11. The van der Waals surface area contributed by atoms with Crippen molar-refractivity contribution in [2.75, 3.05) is 6.54 Å². The lowest BCUT2D eigenvalue weighted by atomic mass is 10.1. The Morgan fingerprint density at radius 2 is 2.00 bits per heavy atom. The van der Waals surface area contributed by atoms with Crippen LogP contribution in [0.5, 0.6) is 0 Å². The Labute approximate surface area is 96.1 Å². The van der Waals surface area contributed by atoms with E-state index in [1.54, 1.807) is 0 Å². The molecule has 1 N–H and O–H groups in total. The van der Waals surface area contributed by atoms with Crippen LogP contribution >= 0.6 is 0 Å². The minimum atomic E-state index is 0.286. The fourth-order valence-electron chi connectivity index (χ4n) is 2.28. The summed E-state index contributed by atoms with van der Waals surface area (Å²) < 4.78 is 0. The van der Waals surface area contributed by atoms with Gasteiger partial charge in [-0.05, 0) is 30.7 Å². The molecule has 1 aromatic carbocycles. The molecule has 0 aromatic heterocycles. The molecule has 0 amide bonds. The summed E-state index contributed by atoms with van der Waals surface area (Å²) in [7, 11) is 0. The van der Waals surface area contributed by atoms with Crippen LogP contribution in [0.2, 0.25) is 0 Å². The van der Waals surface area contributed by atoms with Crippen LogP contribution in [0.1, 0.15) is 30.7 Å². The van der Waals surface area contributed by atoms with E-state index < -0.39 is 0 Å². The van der Waals surface area contributed by atoms with Crippen molar-refractivity contribution >= 4 is 5.78 Å². The standard InChI is InChI=1S/C14H17NO/c16-14(9-15-11-6-7-11)13-8-12(13)10-4-2-1-3-5-10/h1-5,11-13,15H,6-9H2. The van der Waals surface area contributed by atoms with Gasteiger partial charge in [-0.3, -0.25) is 4.79 Å². The lowest BCUT2D eigenvalue weighted by molar-refractivity contribution is -0.119. The number of hydrogen-bond donors (Lipinski definition) is 1. The Balaban J connectivity index is 1.52. The smallest absolute Gasteiger partial charge is 0.150 e. The Morgan fingerprint density at radius 3 is 2.69 bits per heavy atom. The number of benzene rings is 1. The first kappa shape index (κ1) is 10.0. The molecule has 16 heavy (non-hydrogen) atoms. The van der Waals surface area contributed by atoms with Gasteiger partial charge in [-0.1, -0.05) is 30.3 Å². The second kappa shape index (κ2) is 4.02. The van der Waals surface area contributed by atoms with Crippen LogP contribution in [0.4, 0.5) is 0 Å². The molecule has 1 aromatic rings. The summed E-state index contributed by atoms with van der Waals surface area (Å²) in [5.74, 6) is 1.18. The van der Waals surface area contributed by atoms with Crippen LogP contribution in [-0.4, -0.2) is 18.4 Å². The fraction of sp³-hybridized carbons (Fsp3) is 0.500. The van der Waals surface area contributed by atoms with Gasteiger partial charge in [0, 0.05) is 12.0 Å². The minimum absolute atomic E-state index is 0.286. The Bertz CT molecular complexity index is 383. The van der Waals surface area contributed by atoms with E-state index in [1.165, 1.54) is 18.4 Å². The number of carbonyl (C=O) groups is 1. The van der Waals surface area contributed by atoms with Gasteiger partial charge in [-0.15, -0.1) is 0 Å². The van der Waals surface area contributed by atoms with Crippen molar-refractivity contribution in [3.63, 3.8) is 0 Å². The number of rotatable bonds is 5. The van der Waals surface area contributed by atoms with E-state index in [2.05, 4.69) is 29.6 Å². The Morgan fingerprint density at radius 1 is 1.25 bits per heavy atom. The summed E-state index contributed by atoms with van der Waals surface area (Å²) in [6.45, 7) is 0.582. The average Bonchev–Trinajstić information content (AvgIpc) is 3.19. The Kier molecular flexibility index (Phi) is 2.52.